The van der Waals surface area contributed by atoms with Gasteiger partial charge in [0.25, 0.3) is 0 Å². The van der Waals surface area contributed by atoms with Crippen LogP contribution in [-0.4, -0.2) is 42.8 Å². The van der Waals surface area contributed by atoms with E-state index in [1.807, 2.05) is 24.9 Å². The number of hydrogen-bond acceptors (Lipinski definition) is 6. The molecule has 3 rings (SSSR count). The van der Waals surface area contributed by atoms with E-state index in [0.29, 0.717) is 42.0 Å². The second-order valence-electron chi connectivity index (χ2n) is 5.98. The smallest absolute Gasteiger partial charge is 0.238 e. The first-order chi connectivity index (χ1) is 12.0. The van der Waals surface area contributed by atoms with Crippen molar-refractivity contribution in [3.05, 3.63) is 34.7 Å². The molecule has 25 heavy (non-hydrogen) atoms. The van der Waals surface area contributed by atoms with Crippen molar-refractivity contribution in [2.24, 2.45) is 0 Å². The number of nitrogens with zero attached hydrogens (tertiary/aromatic N) is 2. The van der Waals surface area contributed by atoms with Crippen LogP contribution in [0.4, 0.5) is 5.69 Å². The number of aryl methyl sites for hydroxylation is 1. The van der Waals surface area contributed by atoms with E-state index < -0.39 is 0 Å². The summed E-state index contributed by atoms with van der Waals surface area (Å²) in [6.45, 7) is 3.69. The van der Waals surface area contributed by atoms with Gasteiger partial charge in [0.1, 0.15) is 5.76 Å². The summed E-state index contributed by atoms with van der Waals surface area (Å²) in [5.41, 5.74) is 1.28. The van der Waals surface area contributed by atoms with Crippen LogP contribution in [0, 0.1) is 6.92 Å². The van der Waals surface area contributed by atoms with Gasteiger partial charge in [-0.25, -0.2) is 0 Å². The van der Waals surface area contributed by atoms with E-state index in [1.54, 1.807) is 12.1 Å². The van der Waals surface area contributed by atoms with Crippen molar-refractivity contribution in [1.29, 1.82) is 0 Å². The lowest BCUT2D eigenvalue weighted by atomic mass is 10.2. The minimum atomic E-state index is -0.181. The van der Waals surface area contributed by atoms with Gasteiger partial charge in [-0.15, -0.1) is 0 Å². The number of ether oxygens (including phenoxy) is 2. The second kappa shape index (κ2) is 7.76. The number of hydrogen-bond donors (Lipinski definition) is 1. The van der Waals surface area contributed by atoms with Gasteiger partial charge in [0, 0.05) is 31.2 Å². The summed E-state index contributed by atoms with van der Waals surface area (Å²) in [5.74, 6) is 1.74. The summed E-state index contributed by atoms with van der Waals surface area (Å²) < 4.78 is 16.2. The van der Waals surface area contributed by atoms with Crippen molar-refractivity contribution < 1.29 is 18.8 Å². The van der Waals surface area contributed by atoms with E-state index in [4.69, 9.17) is 25.6 Å². The highest BCUT2D eigenvalue weighted by Crippen LogP contribution is 2.37. The molecule has 0 bridgehead atoms. The molecular weight excluding hydrogens is 346 g/mol. The maximum atomic E-state index is 12.3. The van der Waals surface area contributed by atoms with Crippen LogP contribution in [0.3, 0.4) is 0 Å². The number of likely N-dealkylation sites (N-methyl/N-ethyl adjacent to an activating group) is 1. The maximum absolute atomic E-state index is 12.3. The molecule has 1 aliphatic heterocycles. The third-order valence-corrected chi connectivity index (χ3v) is 3.95. The minimum Gasteiger partial charge on any atom is -0.490 e. The van der Waals surface area contributed by atoms with Crippen LogP contribution in [0.1, 0.15) is 17.9 Å². The average molecular weight is 366 g/mol. The van der Waals surface area contributed by atoms with Crippen molar-refractivity contribution in [3.63, 3.8) is 0 Å². The number of benzene rings is 1. The molecule has 0 atom stereocenters. The fraction of sp³-hybridized carbons (Fsp3) is 0.412. The van der Waals surface area contributed by atoms with Crippen LogP contribution in [-0.2, 0) is 11.3 Å². The molecule has 0 unspecified atom stereocenters. The summed E-state index contributed by atoms with van der Waals surface area (Å²) >= 11 is 6.24. The van der Waals surface area contributed by atoms with Gasteiger partial charge in [-0.2, -0.15) is 0 Å². The van der Waals surface area contributed by atoms with E-state index >= 15 is 0 Å². The standard InChI is InChI=1S/C17H20ClN3O4/c1-11-6-12(20-25-11)9-21(2)10-17(22)19-14-8-16-15(7-13(14)18)23-4-3-5-24-16/h6-8H,3-5,9-10H2,1-2H3,(H,19,22). The second-order valence-corrected chi connectivity index (χ2v) is 6.39. The van der Waals surface area contributed by atoms with Gasteiger partial charge in [-0.1, -0.05) is 16.8 Å². The van der Waals surface area contributed by atoms with Crippen molar-refractivity contribution in [1.82, 2.24) is 10.1 Å². The third kappa shape index (κ3) is 4.64. The predicted molar refractivity (Wildman–Crippen MR) is 93.3 cm³/mol. The number of carbonyl (C=O) groups is 1. The van der Waals surface area contributed by atoms with Gasteiger partial charge in [0.05, 0.1) is 36.2 Å². The number of rotatable bonds is 5. The summed E-state index contributed by atoms with van der Waals surface area (Å²) in [6.07, 6.45) is 0.806. The fourth-order valence-corrected chi connectivity index (χ4v) is 2.74. The Hall–Kier alpha value is -2.25. The predicted octanol–water partition coefficient (Wildman–Crippen LogP) is 2.87. The molecular formula is C17H20ClN3O4. The Morgan fingerprint density at radius 2 is 2.00 bits per heavy atom. The summed E-state index contributed by atoms with van der Waals surface area (Å²) in [4.78, 5) is 14.1. The van der Waals surface area contributed by atoms with Crippen molar-refractivity contribution >= 4 is 23.2 Å². The molecule has 2 aromatic rings. The van der Waals surface area contributed by atoms with E-state index in [-0.39, 0.29) is 12.5 Å². The van der Waals surface area contributed by atoms with Crippen LogP contribution >= 0.6 is 11.6 Å². The molecule has 0 spiro atoms. The first-order valence-corrected chi connectivity index (χ1v) is 8.39. The van der Waals surface area contributed by atoms with Crippen molar-refractivity contribution in [3.8, 4) is 11.5 Å². The molecule has 0 saturated carbocycles. The molecule has 0 saturated heterocycles. The average Bonchev–Trinajstić information content (AvgIpc) is 2.81. The number of nitrogens with one attached hydrogen (secondary N) is 1. The highest BCUT2D eigenvalue weighted by Gasteiger charge is 2.16. The van der Waals surface area contributed by atoms with E-state index in [2.05, 4.69) is 10.5 Å². The highest BCUT2D eigenvalue weighted by atomic mass is 35.5. The lowest BCUT2D eigenvalue weighted by Crippen LogP contribution is -2.30. The van der Waals surface area contributed by atoms with Crippen LogP contribution in [0.25, 0.3) is 0 Å². The van der Waals surface area contributed by atoms with Crippen molar-refractivity contribution in [2.75, 3.05) is 32.1 Å². The Morgan fingerprint density at radius 1 is 1.28 bits per heavy atom. The molecule has 1 N–H and O–H groups in total. The number of amides is 1. The molecule has 1 aliphatic rings. The Kier molecular flexibility index (Phi) is 5.45. The molecule has 134 valence electrons. The zero-order valence-electron chi connectivity index (χ0n) is 14.2. The molecule has 0 aliphatic carbocycles. The molecule has 8 heteroatoms. The summed E-state index contributed by atoms with van der Waals surface area (Å²) in [5, 5.41) is 7.14. The van der Waals surface area contributed by atoms with Crippen LogP contribution < -0.4 is 14.8 Å². The van der Waals surface area contributed by atoms with Crippen LogP contribution in [0.2, 0.25) is 5.02 Å². The van der Waals surface area contributed by atoms with Gasteiger partial charge in [0.2, 0.25) is 5.91 Å². The molecule has 1 amide bonds. The molecule has 2 heterocycles. The zero-order chi connectivity index (χ0) is 17.8. The third-order valence-electron chi connectivity index (χ3n) is 3.63. The monoisotopic (exact) mass is 365 g/mol. The van der Waals surface area contributed by atoms with Gasteiger partial charge in [0.15, 0.2) is 11.5 Å². The largest absolute Gasteiger partial charge is 0.490 e. The normalized spacial score (nSPS) is 13.6. The Labute approximate surface area is 150 Å². The quantitative estimate of drug-likeness (QED) is 0.878. The Bertz CT molecular complexity index is 762. The van der Waals surface area contributed by atoms with Crippen molar-refractivity contribution in [2.45, 2.75) is 19.9 Å². The van der Waals surface area contributed by atoms with E-state index in [9.17, 15) is 4.79 Å². The lowest BCUT2D eigenvalue weighted by molar-refractivity contribution is -0.117. The van der Waals surface area contributed by atoms with Gasteiger partial charge < -0.3 is 19.3 Å². The molecule has 1 aromatic heterocycles. The zero-order valence-corrected chi connectivity index (χ0v) is 14.9. The van der Waals surface area contributed by atoms with Gasteiger partial charge in [-0.3, -0.25) is 9.69 Å². The first kappa shape index (κ1) is 17.6. The number of aromatic nitrogens is 1. The minimum absolute atomic E-state index is 0.181. The van der Waals surface area contributed by atoms with E-state index in [0.717, 1.165) is 17.9 Å². The summed E-state index contributed by atoms with van der Waals surface area (Å²) in [7, 11) is 1.83. The van der Waals surface area contributed by atoms with Crippen LogP contribution in [0.15, 0.2) is 22.7 Å². The Morgan fingerprint density at radius 3 is 2.68 bits per heavy atom. The highest BCUT2D eigenvalue weighted by molar-refractivity contribution is 6.34. The molecule has 1 aromatic carbocycles. The Balaban J connectivity index is 1.61. The number of anilines is 1. The molecule has 0 radical (unpaired) electrons. The number of halogens is 1. The lowest BCUT2D eigenvalue weighted by Gasteiger charge is -2.16. The van der Waals surface area contributed by atoms with Gasteiger partial charge >= 0.3 is 0 Å². The number of fused-ring (bicyclic) bond motifs is 1. The first-order valence-electron chi connectivity index (χ1n) is 8.01. The topological polar surface area (TPSA) is 76.8 Å². The SMILES string of the molecule is Cc1cc(CN(C)CC(=O)Nc2cc3c(cc2Cl)OCCCO3)no1. The summed E-state index contributed by atoms with van der Waals surface area (Å²) in [6, 6.07) is 5.21. The number of carbonyl (C=O) groups excluding carboxylic acids is 1. The van der Waals surface area contributed by atoms with E-state index in [1.165, 1.54) is 0 Å². The van der Waals surface area contributed by atoms with Gasteiger partial charge in [-0.05, 0) is 14.0 Å². The molecule has 0 fully saturated rings. The fourth-order valence-electron chi connectivity index (χ4n) is 2.54. The maximum Gasteiger partial charge on any atom is 0.238 e. The molecule has 7 nitrogen and oxygen atoms in total. The van der Waals surface area contributed by atoms with Crippen LogP contribution in [0.5, 0.6) is 11.5 Å².